The van der Waals surface area contributed by atoms with Crippen molar-refractivity contribution in [1.29, 1.82) is 0 Å². The first-order valence-corrected chi connectivity index (χ1v) is 9.07. The average molecular weight is 377 g/mol. The number of carbonyl (C=O) groups is 3. The van der Waals surface area contributed by atoms with Gasteiger partial charge in [0.1, 0.15) is 6.54 Å². The van der Waals surface area contributed by atoms with E-state index in [9.17, 15) is 14.4 Å². The summed E-state index contributed by atoms with van der Waals surface area (Å²) in [6, 6.07) is 14.5. The number of hydrogen-bond acceptors (Lipinski definition) is 6. The van der Waals surface area contributed by atoms with Gasteiger partial charge in [-0.05, 0) is 36.2 Å². The van der Waals surface area contributed by atoms with Crippen LogP contribution in [0.4, 0.5) is 11.4 Å². The second-order valence-corrected chi connectivity index (χ2v) is 6.64. The minimum Gasteiger partial charge on any atom is -0.324 e. The van der Waals surface area contributed by atoms with Gasteiger partial charge in [0.2, 0.25) is 5.91 Å². The Balaban J connectivity index is 1.48. The Bertz CT molecular complexity index is 942. The average Bonchev–Trinajstić information content (AvgIpc) is 3.22. The van der Waals surface area contributed by atoms with E-state index in [1.165, 1.54) is 5.01 Å². The first kappa shape index (κ1) is 17.8. The zero-order valence-corrected chi connectivity index (χ0v) is 15.3. The number of hydrogen-bond donors (Lipinski definition) is 1. The molecule has 0 aromatic heterocycles. The Morgan fingerprint density at radius 1 is 1.04 bits per heavy atom. The van der Waals surface area contributed by atoms with Crippen molar-refractivity contribution in [2.24, 2.45) is 10.3 Å². The topological polar surface area (TPSA) is 94.4 Å². The summed E-state index contributed by atoms with van der Waals surface area (Å²) in [5.74, 6) is -1.18. The third-order valence-corrected chi connectivity index (χ3v) is 4.82. The Morgan fingerprint density at radius 2 is 1.75 bits per heavy atom. The van der Waals surface area contributed by atoms with Crippen LogP contribution in [-0.4, -0.2) is 41.4 Å². The molecule has 142 valence electrons. The first-order chi connectivity index (χ1) is 13.6. The van der Waals surface area contributed by atoms with E-state index in [-0.39, 0.29) is 12.5 Å². The third-order valence-electron chi connectivity index (χ3n) is 4.82. The maximum Gasteiger partial charge on any atom is 0.263 e. The first-order valence-electron chi connectivity index (χ1n) is 9.07. The molecule has 4 rings (SSSR count). The Morgan fingerprint density at radius 3 is 2.43 bits per heavy atom. The molecule has 2 aromatic carbocycles. The molecule has 0 radical (unpaired) electrons. The van der Waals surface area contributed by atoms with Crippen LogP contribution < -0.4 is 10.2 Å². The second-order valence-electron chi connectivity index (χ2n) is 6.64. The Labute approximate surface area is 161 Å². The van der Waals surface area contributed by atoms with E-state index in [1.807, 2.05) is 37.3 Å². The number of amides is 3. The van der Waals surface area contributed by atoms with Crippen molar-refractivity contribution in [3.05, 3.63) is 60.2 Å². The van der Waals surface area contributed by atoms with Gasteiger partial charge in [-0.2, -0.15) is 5.11 Å². The fraction of sp³-hybridized carbons (Fsp3) is 0.250. The Hall–Kier alpha value is -3.55. The highest BCUT2D eigenvalue weighted by Gasteiger charge is 2.55. The second kappa shape index (κ2) is 7.22. The molecule has 0 saturated carbocycles. The van der Waals surface area contributed by atoms with E-state index in [1.54, 1.807) is 24.3 Å². The fourth-order valence-electron chi connectivity index (χ4n) is 3.36. The summed E-state index contributed by atoms with van der Waals surface area (Å²) >= 11 is 0. The van der Waals surface area contributed by atoms with Crippen molar-refractivity contribution in [3.8, 4) is 0 Å². The number of nitrogens with zero attached hydrogens (tertiary/aromatic N) is 4. The normalized spacial score (nSPS) is 20.6. The molecule has 0 bridgehead atoms. The van der Waals surface area contributed by atoms with Crippen LogP contribution in [0.5, 0.6) is 0 Å². The van der Waals surface area contributed by atoms with Gasteiger partial charge in [0.05, 0.1) is 5.69 Å². The van der Waals surface area contributed by atoms with Gasteiger partial charge in [-0.3, -0.25) is 19.4 Å². The van der Waals surface area contributed by atoms with Crippen LogP contribution in [0.3, 0.4) is 0 Å². The van der Waals surface area contributed by atoms with E-state index in [0.717, 1.165) is 16.9 Å². The maximum absolute atomic E-state index is 12.9. The quantitative estimate of drug-likeness (QED) is 0.808. The van der Waals surface area contributed by atoms with Gasteiger partial charge in [0, 0.05) is 5.69 Å². The number of para-hydroxylation sites is 1. The van der Waals surface area contributed by atoms with Crippen LogP contribution in [0.1, 0.15) is 12.5 Å². The van der Waals surface area contributed by atoms with Gasteiger partial charge >= 0.3 is 0 Å². The molecule has 0 aliphatic carbocycles. The minimum atomic E-state index is -0.914. The number of benzene rings is 2. The molecular formula is C20H19N5O3. The van der Waals surface area contributed by atoms with E-state index < -0.39 is 23.9 Å². The SMILES string of the molecule is CCc1ccc(N2C(=O)[C@H]3N=NN(CC(=O)Nc4ccccc4)[C@H]3C2=O)cc1. The van der Waals surface area contributed by atoms with Crippen LogP contribution in [0, 0.1) is 0 Å². The molecule has 1 saturated heterocycles. The van der Waals surface area contributed by atoms with Crippen molar-refractivity contribution in [2.45, 2.75) is 25.4 Å². The van der Waals surface area contributed by atoms with Gasteiger partial charge in [0.25, 0.3) is 11.8 Å². The van der Waals surface area contributed by atoms with Crippen LogP contribution in [0.2, 0.25) is 0 Å². The smallest absolute Gasteiger partial charge is 0.263 e. The summed E-state index contributed by atoms with van der Waals surface area (Å²) in [5.41, 5.74) is 2.26. The van der Waals surface area contributed by atoms with E-state index in [2.05, 4.69) is 15.7 Å². The molecule has 0 spiro atoms. The number of nitrogens with one attached hydrogen (secondary N) is 1. The molecule has 1 N–H and O–H groups in total. The molecule has 1 fully saturated rings. The molecule has 28 heavy (non-hydrogen) atoms. The van der Waals surface area contributed by atoms with Gasteiger partial charge in [-0.1, -0.05) is 42.5 Å². The summed E-state index contributed by atoms with van der Waals surface area (Å²) < 4.78 is 0. The van der Waals surface area contributed by atoms with Crippen LogP contribution >= 0.6 is 0 Å². The lowest BCUT2D eigenvalue weighted by Crippen LogP contribution is -2.43. The number of aryl methyl sites for hydroxylation is 1. The summed E-state index contributed by atoms with van der Waals surface area (Å²) in [5, 5.41) is 11.8. The van der Waals surface area contributed by atoms with Crippen molar-refractivity contribution < 1.29 is 14.4 Å². The molecule has 2 aromatic rings. The van der Waals surface area contributed by atoms with Gasteiger partial charge < -0.3 is 5.32 Å². The number of anilines is 2. The molecule has 8 nitrogen and oxygen atoms in total. The molecular weight excluding hydrogens is 358 g/mol. The zero-order chi connectivity index (χ0) is 19.7. The van der Waals surface area contributed by atoms with Crippen LogP contribution in [0.25, 0.3) is 0 Å². The molecule has 8 heteroatoms. The maximum atomic E-state index is 12.9. The Kier molecular flexibility index (Phi) is 4.60. The number of rotatable bonds is 5. The fourth-order valence-corrected chi connectivity index (χ4v) is 3.36. The zero-order valence-electron chi connectivity index (χ0n) is 15.3. The predicted molar refractivity (Wildman–Crippen MR) is 103 cm³/mol. The highest BCUT2D eigenvalue weighted by molar-refractivity contribution is 6.25. The summed E-state index contributed by atoms with van der Waals surface area (Å²) in [7, 11) is 0. The third kappa shape index (κ3) is 3.13. The summed E-state index contributed by atoms with van der Waals surface area (Å²) in [6.07, 6.45) is 0.867. The van der Waals surface area contributed by atoms with Gasteiger partial charge in [-0.15, -0.1) is 0 Å². The van der Waals surface area contributed by atoms with Crippen molar-refractivity contribution >= 4 is 29.1 Å². The van der Waals surface area contributed by atoms with Crippen LogP contribution in [0.15, 0.2) is 64.9 Å². The largest absolute Gasteiger partial charge is 0.324 e. The summed E-state index contributed by atoms with van der Waals surface area (Å²) in [6.45, 7) is 1.87. The molecule has 0 unspecified atom stereocenters. The van der Waals surface area contributed by atoms with Crippen molar-refractivity contribution in [3.63, 3.8) is 0 Å². The molecule has 2 atom stereocenters. The highest BCUT2D eigenvalue weighted by Crippen LogP contribution is 2.31. The minimum absolute atomic E-state index is 0.165. The lowest BCUT2D eigenvalue weighted by Gasteiger charge is -2.20. The predicted octanol–water partition coefficient (Wildman–Crippen LogP) is 2.18. The molecule has 2 aliphatic rings. The molecule has 2 aliphatic heterocycles. The van der Waals surface area contributed by atoms with E-state index >= 15 is 0 Å². The molecule has 2 heterocycles. The lowest BCUT2D eigenvalue weighted by atomic mass is 10.1. The lowest BCUT2D eigenvalue weighted by molar-refractivity contribution is -0.123. The number of fused-ring (bicyclic) bond motifs is 1. The summed E-state index contributed by atoms with van der Waals surface area (Å²) in [4.78, 5) is 39.0. The van der Waals surface area contributed by atoms with Crippen molar-refractivity contribution in [1.82, 2.24) is 5.01 Å². The standard InChI is InChI=1S/C20H19N5O3/c1-2-13-8-10-15(11-9-13)25-19(27)17-18(20(25)28)24(23-22-17)12-16(26)21-14-6-4-3-5-7-14/h3-11,17-18H,2,12H2,1H3,(H,21,26)/t17-,18+/m0/s1. The number of imide groups is 1. The van der Waals surface area contributed by atoms with Crippen LogP contribution in [-0.2, 0) is 20.8 Å². The molecule has 3 amide bonds. The van der Waals surface area contributed by atoms with E-state index in [0.29, 0.717) is 11.4 Å². The monoisotopic (exact) mass is 377 g/mol. The van der Waals surface area contributed by atoms with E-state index in [4.69, 9.17) is 0 Å². The van der Waals surface area contributed by atoms with Gasteiger partial charge in [-0.25, -0.2) is 4.90 Å². The number of carbonyl (C=O) groups excluding carboxylic acids is 3. The highest BCUT2D eigenvalue weighted by atomic mass is 16.2. The van der Waals surface area contributed by atoms with Gasteiger partial charge in [0.15, 0.2) is 12.1 Å². The van der Waals surface area contributed by atoms with Crippen molar-refractivity contribution in [2.75, 3.05) is 16.8 Å².